The lowest BCUT2D eigenvalue weighted by Crippen LogP contribution is -2.34. The van der Waals surface area contributed by atoms with E-state index in [-0.39, 0.29) is 24.6 Å². The van der Waals surface area contributed by atoms with Crippen molar-refractivity contribution >= 4 is 10.0 Å². The fourth-order valence-corrected chi connectivity index (χ4v) is 3.62. The Balaban J connectivity index is 3.30. The second kappa shape index (κ2) is 8.14. The van der Waals surface area contributed by atoms with Crippen molar-refractivity contribution in [2.75, 3.05) is 33.4 Å². The van der Waals surface area contributed by atoms with Gasteiger partial charge in [0.1, 0.15) is 5.75 Å². The third kappa shape index (κ3) is 4.28. The van der Waals surface area contributed by atoms with E-state index in [4.69, 9.17) is 15.6 Å². The van der Waals surface area contributed by atoms with Crippen LogP contribution in [0.5, 0.6) is 5.75 Å². The SMILES string of the molecule is C=CCN(CCO)S(=O)(=O)c1ccc(OC)cc1CCN. The maximum absolute atomic E-state index is 12.7. The third-order valence-corrected chi connectivity index (χ3v) is 4.95. The minimum Gasteiger partial charge on any atom is -0.497 e. The molecule has 0 spiro atoms. The van der Waals surface area contributed by atoms with E-state index < -0.39 is 10.0 Å². The summed E-state index contributed by atoms with van der Waals surface area (Å²) in [6.45, 7) is 3.78. The first-order chi connectivity index (χ1) is 10.0. The summed E-state index contributed by atoms with van der Waals surface area (Å²) in [5.74, 6) is 0.579. The zero-order valence-electron chi connectivity index (χ0n) is 12.2. The van der Waals surface area contributed by atoms with Crippen LogP contribution in [0.1, 0.15) is 5.56 Å². The van der Waals surface area contributed by atoms with Crippen LogP contribution >= 0.6 is 0 Å². The molecule has 0 aliphatic carbocycles. The fraction of sp³-hybridized carbons (Fsp3) is 0.429. The highest BCUT2D eigenvalue weighted by molar-refractivity contribution is 7.89. The number of aliphatic hydroxyl groups is 1. The molecule has 0 bridgehead atoms. The third-order valence-electron chi connectivity index (χ3n) is 2.98. The predicted molar refractivity (Wildman–Crippen MR) is 81.8 cm³/mol. The highest BCUT2D eigenvalue weighted by Gasteiger charge is 2.25. The number of hydrogen-bond donors (Lipinski definition) is 2. The number of hydrogen-bond acceptors (Lipinski definition) is 5. The van der Waals surface area contributed by atoms with Crippen LogP contribution in [0.2, 0.25) is 0 Å². The van der Waals surface area contributed by atoms with Gasteiger partial charge in [-0.25, -0.2) is 8.42 Å². The minimum atomic E-state index is -3.71. The van der Waals surface area contributed by atoms with Gasteiger partial charge in [-0.2, -0.15) is 4.31 Å². The van der Waals surface area contributed by atoms with Crippen molar-refractivity contribution < 1.29 is 18.3 Å². The first-order valence-electron chi connectivity index (χ1n) is 6.60. The largest absolute Gasteiger partial charge is 0.497 e. The second-order valence-corrected chi connectivity index (χ2v) is 6.29. The Morgan fingerprint density at radius 1 is 1.48 bits per heavy atom. The molecule has 0 aliphatic heterocycles. The van der Waals surface area contributed by atoms with Crippen LogP contribution in [0.3, 0.4) is 0 Å². The number of sulfonamides is 1. The van der Waals surface area contributed by atoms with E-state index in [1.165, 1.54) is 23.6 Å². The number of methoxy groups -OCH3 is 1. The smallest absolute Gasteiger partial charge is 0.243 e. The molecule has 0 unspecified atom stereocenters. The van der Waals surface area contributed by atoms with Crippen molar-refractivity contribution in [1.82, 2.24) is 4.31 Å². The maximum Gasteiger partial charge on any atom is 0.243 e. The van der Waals surface area contributed by atoms with Gasteiger partial charge in [-0.05, 0) is 36.7 Å². The molecule has 6 nitrogen and oxygen atoms in total. The van der Waals surface area contributed by atoms with Gasteiger partial charge in [0.05, 0.1) is 18.6 Å². The maximum atomic E-state index is 12.7. The minimum absolute atomic E-state index is 0.0163. The summed E-state index contributed by atoms with van der Waals surface area (Å²) in [5.41, 5.74) is 6.15. The molecule has 1 aromatic carbocycles. The monoisotopic (exact) mass is 314 g/mol. The number of aliphatic hydroxyl groups excluding tert-OH is 1. The van der Waals surface area contributed by atoms with Gasteiger partial charge in [0.2, 0.25) is 10.0 Å². The Morgan fingerprint density at radius 3 is 2.71 bits per heavy atom. The van der Waals surface area contributed by atoms with E-state index in [2.05, 4.69) is 6.58 Å². The number of nitrogens with zero attached hydrogens (tertiary/aromatic N) is 1. The van der Waals surface area contributed by atoms with Gasteiger partial charge in [-0.15, -0.1) is 6.58 Å². The summed E-state index contributed by atoms with van der Waals surface area (Å²) in [6.07, 6.45) is 1.91. The summed E-state index contributed by atoms with van der Waals surface area (Å²) in [5, 5.41) is 9.05. The zero-order valence-corrected chi connectivity index (χ0v) is 13.0. The molecular formula is C14H22N2O4S. The molecule has 0 aromatic heterocycles. The lowest BCUT2D eigenvalue weighted by atomic mass is 10.1. The van der Waals surface area contributed by atoms with Gasteiger partial charge in [0.15, 0.2) is 0 Å². The highest BCUT2D eigenvalue weighted by atomic mass is 32.2. The summed E-state index contributed by atoms with van der Waals surface area (Å²) >= 11 is 0. The van der Waals surface area contributed by atoms with Gasteiger partial charge < -0.3 is 15.6 Å². The summed E-state index contributed by atoms with van der Waals surface area (Å²) < 4.78 is 31.7. The van der Waals surface area contributed by atoms with E-state index >= 15 is 0 Å². The highest BCUT2D eigenvalue weighted by Crippen LogP contribution is 2.25. The lowest BCUT2D eigenvalue weighted by Gasteiger charge is -2.21. The van der Waals surface area contributed by atoms with Crippen molar-refractivity contribution in [3.05, 3.63) is 36.4 Å². The van der Waals surface area contributed by atoms with E-state index in [9.17, 15) is 8.42 Å². The van der Waals surface area contributed by atoms with Crippen LogP contribution in [-0.2, 0) is 16.4 Å². The topological polar surface area (TPSA) is 92.9 Å². The van der Waals surface area contributed by atoms with E-state index in [1.807, 2.05) is 0 Å². The molecule has 7 heteroatoms. The van der Waals surface area contributed by atoms with Crippen molar-refractivity contribution in [1.29, 1.82) is 0 Å². The van der Waals surface area contributed by atoms with E-state index in [0.717, 1.165) is 0 Å². The van der Waals surface area contributed by atoms with Crippen LogP contribution in [0.15, 0.2) is 35.7 Å². The Bertz CT molecular complexity index is 572. The average molecular weight is 314 g/mol. The van der Waals surface area contributed by atoms with Crippen LogP contribution in [-0.4, -0.2) is 51.2 Å². The Labute approximate surface area is 125 Å². The fourth-order valence-electron chi connectivity index (χ4n) is 1.99. The molecule has 0 saturated carbocycles. The lowest BCUT2D eigenvalue weighted by molar-refractivity contribution is 0.260. The standard InChI is InChI=1S/C14H22N2O4S/c1-3-8-16(9-10-17)21(18,19)14-5-4-13(20-2)11-12(14)6-7-15/h3-5,11,17H,1,6-10,15H2,2H3. The van der Waals surface area contributed by atoms with Crippen LogP contribution in [0.4, 0.5) is 0 Å². The molecule has 0 atom stereocenters. The molecule has 0 radical (unpaired) electrons. The van der Waals surface area contributed by atoms with Gasteiger partial charge >= 0.3 is 0 Å². The van der Waals surface area contributed by atoms with Gasteiger partial charge in [0, 0.05) is 13.1 Å². The van der Waals surface area contributed by atoms with Crippen molar-refractivity contribution in [2.45, 2.75) is 11.3 Å². The molecule has 3 N–H and O–H groups in total. The molecule has 21 heavy (non-hydrogen) atoms. The average Bonchev–Trinajstić information content (AvgIpc) is 2.47. The molecular weight excluding hydrogens is 292 g/mol. The first kappa shape index (κ1) is 17.6. The quantitative estimate of drug-likeness (QED) is 0.642. The van der Waals surface area contributed by atoms with Crippen LogP contribution in [0.25, 0.3) is 0 Å². The number of rotatable bonds is 9. The van der Waals surface area contributed by atoms with Crippen molar-refractivity contribution in [2.24, 2.45) is 5.73 Å². The van der Waals surface area contributed by atoms with E-state index in [0.29, 0.717) is 24.3 Å². The molecule has 118 valence electrons. The Morgan fingerprint density at radius 2 is 2.19 bits per heavy atom. The summed E-state index contributed by atoms with van der Waals surface area (Å²) in [4.78, 5) is 0.184. The summed E-state index contributed by atoms with van der Waals surface area (Å²) in [7, 11) is -2.19. The van der Waals surface area contributed by atoms with Crippen LogP contribution < -0.4 is 10.5 Å². The molecule has 0 aliphatic rings. The molecule has 1 aromatic rings. The first-order valence-corrected chi connectivity index (χ1v) is 8.04. The normalized spacial score (nSPS) is 11.6. The molecule has 0 amide bonds. The van der Waals surface area contributed by atoms with Gasteiger partial charge in [-0.3, -0.25) is 0 Å². The second-order valence-electron chi connectivity index (χ2n) is 4.39. The number of benzene rings is 1. The van der Waals surface area contributed by atoms with Gasteiger partial charge in [0.25, 0.3) is 0 Å². The van der Waals surface area contributed by atoms with E-state index in [1.54, 1.807) is 12.1 Å². The Kier molecular flexibility index (Phi) is 6.83. The van der Waals surface area contributed by atoms with Crippen molar-refractivity contribution in [3.63, 3.8) is 0 Å². The van der Waals surface area contributed by atoms with Gasteiger partial charge in [-0.1, -0.05) is 6.08 Å². The number of ether oxygens (including phenoxy) is 1. The molecule has 0 saturated heterocycles. The summed E-state index contributed by atoms with van der Waals surface area (Å²) in [6, 6.07) is 4.77. The molecule has 0 heterocycles. The van der Waals surface area contributed by atoms with Crippen molar-refractivity contribution in [3.8, 4) is 5.75 Å². The number of nitrogens with two attached hydrogens (primary N) is 1. The molecule has 1 rings (SSSR count). The predicted octanol–water partition coefficient (Wildman–Crippen LogP) is 0.365. The van der Waals surface area contributed by atoms with Crippen LogP contribution in [0, 0.1) is 0 Å². The zero-order chi connectivity index (χ0) is 15.9. The Hall–Kier alpha value is -1.41. The molecule has 0 fully saturated rings.